The van der Waals surface area contributed by atoms with E-state index in [9.17, 15) is 4.79 Å². The van der Waals surface area contributed by atoms with Crippen molar-refractivity contribution >= 4 is 16.9 Å². The van der Waals surface area contributed by atoms with Crippen LogP contribution in [0.3, 0.4) is 0 Å². The van der Waals surface area contributed by atoms with Crippen LogP contribution in [0.15, 0.2) is 48.5 Å². The van der Waals surface area contributed by atoms with Crippen LogP contribution in [0.25, 0.3) is 11.0 Å². The number of ether oxygens (including phenoxy) is 2. The maximum Gasteiger partial charge on any atom is 0.225 e. The molecule has 1 aromatic heterocycles. The monoisotopic (exact) mass is 393 g/mol. The Hall–Kier alpha value is -3.02. The van der Waals surface area contributed by atoms with Gasteiger partial charge in [-0.3, -0.25) is 4.79 Å². The summed E-state index contributed by atoms with van der Waals surface area (Å²) in [6, 6.07) is 15.7. The number of imidazole rings is 1. The molecule has 0 atom stereocenters. The van der Waals surface area contributed by atoms with Crippen molar-refractivity contribution in [3.05, 3.63) is 54.4 Å². The van der Waals surface area contributed by atoms with E-state index in [1.807, 2.05) is 60.4 Å². The summed E-state index contributed by atoms with van der Waals surface area (Å²) in [6.07, 6.45) is 2.23. The van der Waals surface area contributed by atoms with Crippen LogP contribution in [0.4, 0.5) is 0 Å². The van der Waals surface area contributed by atoms with Gasteiger partial charge in [-0.05, 0) is 44.0 Å². The maximum absolute atomic E-state index is 12.6. The Balaban J connectivity index is 1.26. The Morgan fingerprint density at radius 1 is 1.07 bits per heavy atom. The number of nitrogens with one attached hydrogen (secondary N) is 1. The molecule has 0 saturated carbocycles. The number of carbonyl (C=O) groups excluding carboxylic acids is 1. The summed E-state index contributed by atoms with van der Waals surface area (Å²) >= 11 is 0. The fourth-order valence-electron chi connectivity index (χ4n) is 3.82. The van der Waals surface area contributed by atoms with E-state index >= 15 is 0 Å². The third kappa shape index (κ3) is 4.53. The predicted molar refractivity (Wildman–Crippen MR) is 112 cm³/mol. The van der Waals surface area contributed by atoms with Crippen molar-refractivity contribution in [1.29, 1.82) is 0 Å². The van der Waals surface area contributed by atoms with Crippen molar-refractivity contribution in [1.82, 2.24) is 14.9 Å². The first-order valence-electron chi connectivity index (χ1n) is 10.3. The highest BCUT2D eigenvalue weighted by atomic mass is 16.5. The number of benzene rings is 2. The number of hydrogen-bond acceptors (Lipinski definition) is 4. The van der Waals surface area contributed by atoms with Crippen molar-refractivity contribution in [3.63, 3.8) is 0 Å². The minimum atomic E-state index is 0.141. The molecule has 0 aliphatic carbocycles. The third-order valence-corrected chi connectivity index (χ3v) is 5.36. The molecule has 152 valence electrons. The summed E-state index contributed by atoms with van der Waals surface area (Å²) in [7, 11) is 0. The number of amides is 1. The van der Waals surface area contributed by atoms with Crippen LogP contribution in [0, 0.1) is 0 Å². The quantitative estimate of drug-likeness (QED) is 0.655. The molecule has 2 heterocycles. The molecule has 2 aromatic carbocycles. The molecule has 3 aromatic rings. The lowest BCUT2D eigenvalue weighted by Gasteiger charge is -2.31. The highest BCUT2D eigenvalue weighted by Gasteiger charge is 2.25. The fraction of sp³-hybridized carbons (Fsp3) is 0.391. The Labute approximate surface area is 170 Å². The molecule has 0 radical (unpaired) electrons. The molecular weight excluding hydrogens is 366 g/mol. The lowest BCUT2D eigenvalue weighted by molar-refractivity contribution is -0.132. The van der Waals surface area contributed by atoms with E-state index in [2.05, 4.69) is 4.98 Å². The number of nitrogens with zero attached hydrogens (tertiary/aromatic N) is 2. The molecule has 1 aliphatic heterocycles. The number of aromatic amines is 1. The summed E-state index contributed by atoms with van der Waals surface area (Å²) in [5.74, 6) is 2.96. The zero-order chi connectivity index (χ0) is 20.1. The van der Waals surface area contributed by atoms with Crippen molar-refractivity contribution in [2.24, 2.45) is 0 Å². The van der Waals surface area contributed by atoms with Crippen molar-refractivity contribution in [2.45, 2.75) is 32.1 Å². The average Bonchev–Trinajstić information content (AvgIpc) is 3.19. The largest absolute Gasteiger partial charge is 0.490 e. The van der Waals surface area contributed by atoms with Crippen LogP contribution in [0.5, 0.6) is 11.5 Å². The van der Waals surface area contributed by atoms with E-state index in [0.717, 1.165) is 42.8 Å². The zero-order valence-corrected chi connectivity index (χ0v) is 16.8. The summed E-state index contributed by atoms with van der Waals surface area (Å²) < 4.78 is 11.3. The molecule has 4 rings (SSSR count). The van der Waals surface area contributed by atoms with Crippen LogP contribution < -0.4 is 9.47 Å². The SMILES string of the molecule is CCOc1ccccc1OCCC(=O)N1CCC(c2nc3ccccc3[nH]2)CC1. The Bertz CT molecular complexity index is 928. The molecule has 1 N–H and O–H groups in total. The van der Waals surface area contributed by atoms with Crippen molar-refractivity contribution < 1.29 is 14.3 Å². The molecule has 1 saturated heterocycles. The maximum atomic E-state index is 12.6. The second kappa shape index (κ2) is 8.99. The van der Waals surface area contributed by atoms with Crippen molar-refractivity contribution in [2.75, 3.05) is 26.3 Å². The van der Waals surface area contributed by atoms with E-state index in [0.29, 0.717) is 37.1 Å². The molecule has 6 heteroatoms. The van der Waals surface area contributed by atoms with Crippen LogP contribution in [-0.2, 0) is 4.79 Å². The number of fused-ring (bicyclic) bond motifs is 1. The Morgan fingerprint density at radius 2 is 1.76 bits per heavy atom. The lowest BCUT2D eigenvalue weighted by atomic mass is 9.96. The van der Waals surface area contributed by atoms with Gasteiger partial charge in [0.25, 0.3) is 0 Å². The van der Waals surface area contributed by atoms with Gasteiger partial charge in [0.1, 0.15) is 5.82 Å². The second-order valence-electron chi connectivity index (χ2n) is 7.27. The van der Waals surface area contributed by atoms with E-state index in [-0.39, 0.29) is 5.91 Å². The first-order valence-corrected chi connectivity index (χ1v) is 10.3. The van der Waals surface area contributed by atoms with E-state index in [1.165, 1.54) is 0 Å². The van der Waals surface area contributed by atoms with Crippen LogP contribution >= 0.6 is 0 Å². The summed E-state index contributed by atoms with van der Waals surface area (Å²) in [5.41, 5.74) is 2.08. The van der Waals surface area contributed by atoms with Gasteiger partial charge in [0, 0.05) is 19.0 Å². The van der Waals surface area contributed by atoms with Crippen LogP contribution in [0.1, 0.15) is 37.9 Å². The van der Waals surface area contributed by atoms with Gasteiger partial charge in [-0.1, -0.05) is 24.3 Å². The number of rotatable bonds is 7. The molecule has 1 fully saturated rings. The van der Waals surface area contributed by atoms with Gasteiger partial charge in [0.2, 0.25) is 5.91 Å². The lowest BCUT2D eigenvalue weighted by Crippen LogP contribution is -2.38. The molecule has 0 bridgehead atoms. The Kier molecular flexibility index (Phi) is 5.98. The average molecular weight is 393 g/mol. The van der Waals surface area contributed by atoms with Gasteiger partial charge >= 0.3 is 0 Å². The molecule has 29 heavy (non-hydrogen) atoms. The number of aromatic nitrogens is 2. The minimum Gasteiger partial charge on any atom is -0.490 e. The standard InChI is InChI=1S/C23H27N3O3/c1-2-28-20-9-5-6-10-21(20)29-16-13-22(27)26-14-11-17(12-15-26)23-24-18-7-3-4-8-19(18)25-23/h3-10,17H,2,11-16H2,1H3,(H,24,25). The summed E-state index contributed by atoms with van der Waals surface area (Å²) in [5, 5.41) is 0. The predicted octanol–water partition coefficient (Wildman–Crippen LogP) is 4.14. The third-order valence-electron chi connectivity index (χ3n) is 5.36. The molecule has 1 amide bonds. The van der Waals surface area contributed by atoms with Gasteiger partial charge in [-0.2, -0.15) is 0 Å². The van der Waals surface area contributed by atoms with Gasteiger partial charge < -0.3 is 19.4 Å². The topological polar surface area (TPSA) is 67.5 Å². The number of para-hydroxylation sites is 4. The molecule has 0 unspecified atom stereocenters. The molecular formula is C23H27N3O3. The van der Waals surface area contributed by atoms with Crippen LogP contribution in [0.2, 0.25) is 0 Å². The van der Waals surface area contributed by atoms with Gasteiger partial charge in [-0.15, -0.1) is 0 Å². The minimum absolute atomic E-state index is 0.141. The normalized spacial score (nSPS) is 14.9. The van der Waals surface area contributed by atoms with Gasteiger partial charge in [-0.25, -0.2) is 4.98 Å². The molecule has 0 spiro atoms. The summed E-state index contributed by atoms with van der Waals surface area (Å²) in [6.45, 7) is 4.40. The second-order valence-corrected chi connectivity index (χ2v) is 7.27. The first-order chi connectivity index (χ1) is 14.2. The van der Waals surface area contributed by atoms with Gasteiger partial charge in [0.15, 0.2) is 11.5 Å². The van der Waals surface area contributed by atoms with E-state index < -0.39 is 0 Å². The molecule has 6 nitrogen and oxygen atoms in total. The fourth-order valence-corrected chi connectivity index (χ4v) is 3.82. The smallest absolute Gasteiger partial charge is 0.225 e. The number of likely N-dealkylation sites (tertiary alicyclic amines) is 1. The highest BCUT2D eigenvalue weighted by molar-refractivity contribution is 5.76. The zero-order valence-electron chi connectivity index (χ0n) is 16.8. The van der Waals surface area contributed by atoms with Crippen LogP contribution in [-0.4, -0.2) is 47.1 Å². The molecule has 1 aliphatic rings. The Morgan fingerprint density at radius 3 is 2.48 bits per heavy atom. The first kappa shape index (κ1) is 19.3. The number of piperidine rings is 1. The van der Waals surface area contributed by atoms with Gasteiger partial charge in [0.05, 0.1) is 30.7 Å². The number of hydrogen-bond donors (Lipinski definition) is 1. The van der Waals surface area contributed by atoms with E-state index in [1.54, 1.807) is 0 Å². The summed E-state index contributed by atoms with van der Waals surface area (Å²) in [4.78, 5) is 22.7. The highest BCUT2D eigenvalue weighted by Crippen LogP contribution is 2.29. The van der Waals surface area contributed by atoms with E-state index in [4.69, 9.17) is 14.5 Å². The van der Waals surface area contributed by atoms with Crippen molar-refractivity contribution in [3.8, 4) is 11.5 Å². The number of H-pyrrole nitrogens is 1. The number of carbonyl (C=O) groups is 1.